The maximum absolute atomic E-state index is 12.4. The van der Waals surface area contributed by atoms with Crippen molar-refractivity contribution >= 4 is 5.97 Å². The zero-order valence-electron chi connectivity index (χ0n) is 17.1. The Morgan fingerprint density at radius 3 is 2.39 bits per heavy atom. The van der Waals surface area contributed by atoms with Gasteiger partial charge in [-0.25, -0.2) is 4.79 Å². The lowest BCUT2D eigenvalue weighted by atomic mass is 9.58. The standard InChI is InChI=1S/C22H34O6/c1-10-7-11(2)21(13(4)23)28-22(27)17(25)9-14-5-6-15-8-16(24)12(3)20(26)19(15)18(10)14/h5-7,11-21,23-26H,8-9H2,1-4H3/b10-7+/t11-,12+,13-,14-,15+,16+,17+,18?,19-,20-,21+/m1/s1. The zero-order valence-corrected chi connectivity index (χ0v) is 17.1. The molecule has 0 radical (unpaired) electrons. The minimum Gasteiger partial charge on any atom is -0.457 e. The fraction of sp³-hybridized carbons (Fsp3) is 0.773. The third-order valence-corrected chi connectivity index (χ3v) is 7.09. The number of allylic oxidation sites excluding steroid dienone is 3. The first-order valence-corrected chi connectivity index (χ1v) is 10.4. The van der Waals surface area contributed by atoms with E-state index in [0.29, 0.717) is 6.42 Å². The topological polar surface area (TPSA) is 107 Å². The van der Waals surface area contributed by atoms with Crippen LogP contribution in [0.15, 0.2) is 23.8 Å². The maximum atomic E-state index is 12.4. The van der Waals surface area contributed by atoms with Crippen molar-refractivity contribution in [2.75, 3.05) is 0 Å². The SMILES string of the molecule is C/C1=C\[C@@H](C)[C@@H]([C@@H](C)O)OC(=O)[C@@H](O)C[C@H]2C=C[C@H]3C[C@H](O)[C@H](C)[C@@H](O)[C@H]3C12. The average Bonchev–Trinajstić information content (AvgIpc) is 2.62. The Labute approximate surface area is 166 Å². The lowest BCUT2D eigenvalue weighted by molar-refractivity contribution is -0.168. The Bertz CT molecular complexity index is 641. The number of carbonyl (C=O) groups is 1. The zero-order chi connectivity index (χ0) is 20.7. The molecule has 1 aliphatic heterocycles. The van der Waals surface area contributed by atoms with Crippen LogP contribution in [0.4, 0.5) is 0 Å². The van der Waals surface area contributed by atoms with Crippen LogP contribution in [0.3, 0.4) is 0 Å². The van der Waals surface area contributed by atoms with Crippen molar-refractivity contribution in [3.63, 3.8) is 0 Å². The van der Waals surface area contributed by atoms with Gasteiger partial charge in [-0.3, -0.25) is 0 Å². The molecule has 1 fully saturated rings. The minimum atomic E-state index is -1.28. The summed E-state index contributed by atoms with van der Waals surface area (Å²) in [6.45, 7) is 7.35. The van der Waals surface area contributed by atoms with Crippen molar-refractivity contribution in [3.8, 4) is 0 Å². The summed E-state index contributed by atoms with van der Waals surface area (Å²) < 4.78 is 5.41. The number of aliphatic hydroxyl groups is 4. The van der Waals surface area contributed by atoms with Crippen molar-refractivity contribution in [1.82, 2.24) is 0 Å². The molecule has 6 heteroatoms. The second kappa shape index (κ2) is 8.27. The van der Waals surface area contributed by atoms with Crippen molar-refractivity contribution < 1.29 is 30.0 Å². The molecule has 1 unspecified atom stereocenters. The molecular formula is C22H34O6. The fourth-order valence-electron chi connectivity index (χ4n) is 5.56. The molecule has 0 aromatic rings. The van der Waals surface area contributed by atoms with Crippen LogP contribution in [0.25, 0.3) is 0 Å². The molecule has 2 aliphatic carbocycles. The fourth-order valence-corrected chi connectivity index (χ4v) is 5.56. The van der Waals surface area contributed by atoms with Gasteiger partial charge < -0.3 is 25.2 Å². The number of hydrogen-bond donors (Lipinski definition) is 4. The summed E-state index contributed by atoms with van der Waals surface area (Å²) in [5.74, 6) is -1.35. The molecule has 0 aromatic heterocycles. The van der Waals surface area contributed by atoms with E-state index in [1.165, 1.54) is 0 Å². The number of esters is 1. The van der Waals surface area contributed by atoms with Gasteiger partial charge in [0.15, 0.2) is 6.10 Å². The highest BCUT2D eigenvalue weighted by Crippen LogP contribution is 2.49. The molecule has 3 aliphatic rings. The van der Waals surface area contributed by atoms with Gasteiger partial charge in [0.1, 0.15) is 6.10 Å². The molecule has 28 heavy (non-hydrogen) atoms. The second-order valence-corrected chi connectivity index (χ2v) is 9.13. The molecule has 1 saturated carbocycles. The molecule has 6 nitrogen and oxygen atoms in total. The van der Waals surface area contributed by atoms with E-state index in [-0.39, 0.29) is 41.9 Å². The van der Waals surface area contributed by atoms with Gasteiger partial charge in [0, 0.05) is 11.8 Å². The Kier molecular flexibility index (Phi) is 6.35. The summed E-state index contributed by atoms with van der Waals surface area (Å²) in [7, 11) is 0. The van der Waals surface area contributed by atoms with E-state index >= 15 is 0 Å². The number of aliphatic hydroxyl groups excluding tert-OH is 4. The van der Waals surface area contributed by atoms with Crippen LogP contribution in [-0.2, 0) is 9.53 Å². The first-order valence-electron chi connectivity index (χ1n) is 10.4. The highest BCUT2D eigenvalue weighted by Gasteiger charge is 2.49. The molecular weight excluding hydrogens is 360 g/mol. The lowest BCUT2D eigenvalue weighted by Gasteiger charge is -2.49. The molecule has 4 N–H and O–H groups in total. The van der Waals surface area contributed by atoms with Gasteiger partial charge in [0.05, 0.1) is 18.3 Å². The largest absolute Gasteiger partial charge is 0.457 e. The van der Waals surface area contributed by atoms with Crippen LogP contribution in [0, 0.1) is 35.5 Å². The molecule has 3 rings (SSSR count). The Morgan fingerprint density at radius 1 is 1.11 bits per heavy atom. The summed E-state index contributed by atoms with van der Waals surface area (Å²) in [6.07, 6.45) is 2.81. The minimum absolute atomic E-state index is 0.0439. The Hall–Kier alpha value is -1.21. The van der Waals surface area contributed by atoms with E-state index in [1.807, 2.05) is 39.0 Å². The highest BCUT2D eigenvalue weighted by atomic mass is 16.6. The number of cyclic esters (lactones) is 1. The van der Waals surface area contributed by atoms with Crippen molar-refractivity contribution in [2.45, 2.75) is 71.1 Å². The second-order valence-electron chi connectivity index (χ2n) is 9.13. The first-order chi connectivity index (χ1) is 13.1. The Morgan fingerprint density at radius 2 is 1.75 bits per heavy atom. The quantitative estimate of drug-likeness (QED) is 0.396. The van der Waals surface area contributed by atoms with Crippen LogP contribution in [0.5, 0.6) is 0 Å². The summed E-state index contributed by atoms with van der Waals surface area (Å²) in [6, 6.07) is 0. The summed E-state index contributed by atoms with van der Waals surface area (Å²) in [4.78, 5) is 12.4. The van der Waals surface area contributed by atoms with E-state index in [0.717, 1.165) is 5.57 Å². The van der Waals surface area contributed by atoms with Crippen molar-refractivity contribution in [2.24, 2.45) is 35.5 Å². The predicted octanol–water partition coefficient (Wildman–Crippen LogP) is 1.42. The van der Waals surface area contributed by atoms with Gasteiger partial charge >= 0.3 is 5.97 Å². The number of ether oxygens (including phenoxy) is 1. The third kappa shape index (κ3) is 3.92. The van der Waals surface area contributed by atoms with E-state index in [4.69, 9.17) is 4.74 Å². The summed E-state index contributed by atoms with van der Waals surface area (Å²) in [5.41, 5.74) is 1.07. The summed E-state index contributed by atoms with van der Waals surface area (Å²) >= 11 is 0. The molecule has 1 heterocycles. The molecule has 0 spiro atoms. The van der Waals surface area contributed by atoms with Gasteiger partial charge in [-0.1, -0.05) is 37.6 Å². The van der Waals surface area contributed by atoms with Crippen LogP contribution in [0.2, 0.25) is 0 Å². The molecule has 0 bridgehead atoms. The highest BCUT2D eigenvalue weighted by molar-refractivity contribution is 5.74. The Balaban J connectivity index is 2.03. The van der Waals surface area contributed by atoms with Gasteiger partial charge in [-0.15, -0.1) is 0 Å². The van der Waals surface area contributed by atoms with Crippen molar-refractivity contribution in [1.29, 1.82) is 0 Å². The van der Waals surface area contributed by atoms with E-state index in [2.05, 4.69) is 0 Å². The van der Waals surface area contributed by atoms with Gasteiger partial charge in [0.25, 0.3) is 0 Å². The van der Waals surface area contributed by atoms with Crippen LogP contribution in [-0.4, -0.2) is 56.9 Å². The van der Waals surface area contributed by atoms with Gasteiger partial charge in [-0.2, -0.15) is 0 Å². The van der Waals surface area contributed by atoms with Crippen LogP contribution < -0.4 is 0 Å². The number of hydrogen-bond acceptors (Lipinski definition) is 6. The van der Waals surface area contributed by atoms with E-state index < -0.39 is 36.5 Å². The first kappa shape index (κ1) is 21.5. The smallest absolute Gasteiger partial charge is 0.335 e. The van der Waals surface area contributed by atoms with Crippen molar-refractivity contribution in [3.05, 3.63) is 23.8 Å². The maximum Gasteiger partial charge on any atom is 0.335 e. The van der Waals surface area contributed by atoms with Crippen LogP contribution >= 0.6 is 0 Å². The normalized spacial score (nSPS) is 49.9. The molecule has 11 atom stereocenters. The predicted molar refractivity (Wildman–Crippen MR) is 104 cm³/mol. The lowest BCUT2D eigenvalue weighted by Crippen LogP contribution is -2.51. The van der Waals surface area contributed by atoms with Gasteiger partial charge in [-0.05, 0) is 50.4 Å². The third-order valence-electron chi connectivity index (χ3n) is 7.09. The monoisotopic (exact) mass is 394 g/mol. The molecule has 158 valence electrons. The van der Waals surface area contributed by atoms with E-state index in [1.54, 1.807) is 6.92 Å². The van der Waals surface area contributed by atoms with E-state index in [9.17, 15) is 25.2 Å². The number of carbonyl (C=O) groups excluding carboxylic acids is 1. The average molecular weight is 395 g/mol. The molecule has 0 aromatic carbocycles. The number of fused-ring (bicyclic) bond motifs is 3. The molecule has 0 amide bonds. The van der Waals surface area contributed by atoms with Gasteiger partial charge in [0.2, 0.25) is 0 Å². The van der Waals surface area contributed by atoms with Crippen LogP contribution in [0.1, 0.15) is 40.5 Å². The summed E-state index contributed by atoms with van der Waals surface area (Å²) in [5, 5.41) is 41.8. The molecule has 0 saturated heterocycles. The number of rotatable bonds is 1.